The fraction of sp³-hybridized carbons (Fsp3) is 0.235. The van der Waals surface area contributed by atoms with Crippen molar-refractivity contribution in [3.05, 3.63) is 59.9 Å². The van der Waals surface area contributed by atoms with E-state index in [1.165, 1.54) is 0 Å². The fourth-order valence-corrected chi connectivity index (χ4v) is 1.89. The highest BCUT2D eigenvalue weighted by atomic mass is 16.5. The van der Waals surface area contributed by atoms with Gasteiger partial charge in [0.2, 0.25) is 0 Å². The summed E-state index contributed by atoms with van der Waals surface area (Å²) < 4.78 is 5.50. The number of nitriles is 1. The molecule has 0 aliphatic carbocycles. The van der Waals surface area contributed by atoms with Gasteiger partial charge in [0.05, 0.1) is 30.4 Å². The first kappa shape index (κ1) is 16.3. The van der Waals surface area contributed by atoms with Crippen LogP contribution in [0, 0.1) is 11.3 Å². The zero-order valence-electron chi connectivity index (χ0n) is 12.9. The molecule has 0 unspecified atom stereocenters. The van der Waals surface area contributed by atoms with Crippen LogP contribution in [0.4, 0.5) is 4.79 Å². The van der Waals surface area contributed by atoms with E-state index in [2.05, 4.69) is 10.3 Å². The van der Waals surface area contributed by atoms with Crippen LogP contribution < -0.4 is 10.1 Å². The van der Waals surface area contributed by atoms with E-state index >= 15 is 0 Å². The normalized spacial score (nSPS) is 9.74. The van der Waals surface area contributed by atoms with Crippen LogP contribution >= 0.6 is 0 Å². The third kappa shape index (κ3) is 5.32. The van der Waals surface area contributed by atoms with Crippen molar-refractivity contribution in [2.75, 3.05) is 20.2 Å². The number of aromatic nitrogens is 1. The second-order valence-corrected chi connectivity index (χ2v) is 4.89. The zero-order chi connectivity index (χ0) is 16.5. The van der Waals surface area contributed by atoms with Gasteiger partial charge in [-0.25, -0.2) is 4.79 Å². The van der Waals surface area contributed by atoms with Gasteiger partial charge in [-0.05, 0) is 36.4 Å². The minimum absolute atomic E-state index is 0.181. The second-order valence-electron chi connectivity index (χ2n) is 4.89. The molecule has 6 heteroatoms. The van der Waals surface area contributed by atoms with E-state index in [0.29, 0.717) is 31.0 Å². The number of hydrogen-bond acceptors (Lipinski definition) is 4. The third-order valence-corrected chi connectivity index (χ3v) is 3.10. The lowest BCUT2D eigenvalue weighted by molar-refractivity contribution is 0.203. The molecule has 1 heterocycles. The zero-order valence-corrected chi connectivity index (χ0v) is 12.9. The van der Waals surface area contributed by atoms with Crippen molar-refractivity contribution < 1.29 is 9.53 Å². The van der Waals surface area contributed by atoms with Gasteiger partial charge in [-0.2, -0.15) is 5.26 Å². The van der Waals surface area contributed by atoms with Crippen LogP contribution in [0.3, 0.4) is 0 Å². The molecule has 0 aliphatic rings. The summed E-state index contributed by atoms with van der Waals surface area (Å²) >= 11 is 0. The molecule has 1 aromatic carbocycles. The summed E-state index contributed by atoms with van der Waals surface area (Å²) in [6.07, 6.45) is 1.70. The number of urea groups is 1. The van der Waals surface area contributed by atoms with Crippen molar-refractivity contribution in [1.29, 1.82) is 5.26 Å². The van der Waals surface area contributed by atoms with Gasteiger partial charge in [0.25, 0.3) is 0 Å². The average Bonchev–Trinajstić information content (AvgIpc) is 2.60. The predicted octanol–water partition coefficient (Wildman–Crippen LogP) is 2.17. The number of carbonyl (C=O) groups excluding carboxylic acids is 1. The Hall–Kier alpha value is -3.07. The largest absolute Gasteiger partial charge is 0.492 e. The number of nitrogens with one attached hydrogen (secondary N) is 1. The van der Waals surface area contributed by atoms with Gasteiger partial charge in [-0.3, -0.25) is 4.98 Å². The molecule has 2 amide bonds. The van der Waals surface area contributed by atoms with Crippen LogP contribution in [-0.4, -0.2) is 36.1 Å². The molecule has 0 saturated carbocycles. The Kier molecular flexibility index (Phi) is 5.95. The highest BCUT2D eigenvalue weighted by Gasteiger charge is 2.08. The van der Waals surface area contributed by atoms with Crippen LogP contribution in [0.25, 0.3) is 0 Å². The standard InChI is InChI=1S/C17H18N4O2/c1-21(13-15-4-2-3-9-19-15)17(22)20-10-11-23-16-7-5-14(12-18)6-8-16/h2-9H,10-11,13H2,1H3,(H,20,22). The summed E-state index contributed by atoms with van der Waals surface area (Å²) in [5.74, 6) is 0.667. The quantitative estimate of drug-likeness (QED) is 0.829. The summed E-state index contributed by atoms with van der Waals surface area (Å²) in [7, 11) is 1.71. The first-order valence-corrected chi connectivity index (χ1v) is 7.21. The van der Waals surface area contributed by atoms with Gasteiger partial charge >= 0.3 is 6.03 Å². The Morgan fingerprint density at radius 3 is 2.74 bits per heavy atom. The van der Waals surface area contributed by atoms with Crippen LogP contribution in [0.15, 0.2) is 48.7 Å². The number of carbonyl (C=O) groups is 1. The lowest BCUT2D eigenvalue weighted by Crippen LogP contribution is -2.38. The maximum absolute atomic E-state index is 11.9. The smallest absolute Gasteiger partial charge is 0.317 e. The summed E-state index contributed by atoms with van der Waals surface area (Å²) in [5.41, 5.74) is 1.42. The molecule has 6 nitrogen and oxygen atoms in total. The molecule has 1 aromatic heterocycles. The van der Waals surface area contributed by atoms with E-state index in [1.807, 2.05) is 24.3 Å². The summed E-state index contributed by atoms with van der Waals surface area (Å²) in [4.78, 5) is 17.7. The molecule has 0 bridgehead atoms. The van der Waals surface area contributed by atoms with Gasteiger partial charge in [0, 0.05) is 13.2 Å². The molecule has 0 fully saturated rings. The van der Waals surface area contributed by atoms with Gasteiger partial charge in [0.15, 0.2) is 0 Å². The molecule has 118 valence electrons. The van der Waals surface area contributed by atoms with Crippen molar-refractivity contribution in [2.45, 2.75) is 6.54 Å². The Morgan fingerprint density at radius 2 is 2.09 bits per heavy atom. The number of amides is 2. The molecule has 2 rings (SSSR count). The SMILES string of the molecule is CN(Cc1ccccn1)C(=O)NCCOc1ccc(C#N)cc1. The highest BCUT2D eigenvalue weighted by molar-refractivity contribution is 5.73. The Morgan fingerprint density at radius 1 is 1.30 bits per heavy atom. The average molecular weight is 310 g/mol. The highest BCUT2D eigenvalue weighted by Crippen LogP contribution is 2.10. The number of rotatable bonds is 6. The van der Waals surface area contributed by atoms with Crippen molar-refractivity contribution in [1.82, 2.24) is 15.2 Å². The van der Waals surface area contributed by atoms with Crippen LogP contribution in [-0.2, 0) is 6.54 Å². The molecule has 0 aliphatic heterocycles. The number of nitrogens with zero attached hydrogens (tertiary/aromatic N) is 3. The van der Waals surface area contributed by atoms with Gasteiger partial charge in [-0.1, -0.05) is 6.07 Å². The lowest BCUT2D eigenvalue weighted by atomic mass is 10.2. The summed E-state index contributed by atoms with van der Waals surface area (Å²) in [6.45, 7) is 1.20. The predicted molar refractivity (Wildman–Crippen MR) is 85.8 cm³/mol. The number of hydrogen-bond donors (Lipinski definition) is 1. The Balaban J connectivity index is 1.68. The molecule has 1 N–H and O–H groups in total. The van der Waals surface area contributed by atoms with Crippen molar-refractivity contribution in [2.24, 2.45) is 0 Å². The maximum Gasteiger partial charge on any atom is 0.317 e. The summed E-state index contributed by atoms with van der Waals surface area (Å²) in [6, 6.07) is 14.3. The molecular formula is C17H18N4O2. The monoisotopic (exact) mass is 310 g/mol. The van der Waals surface area contributed by atoms with Gasteiger partial charge in [-0.15, -0.1) is 0 Å². The van der Waals surface area contributed by atoms with E-state index in [9.17, 15) is 4.79 Å². The summed E-state index contributed by atoms with van der Waals surface area (Å²) in [5, 5.41) is 11.5. The first-order valence-electron chi connectivity index (χ1n) is 7.21. The molecule has 0 spiro atoms. The third-order valence-electron chi connectivity index (χ3n) is 3.10. The topological polar surface area (TPSA) is 78.2 Å². The van der Waals surface area contributed by atoms with E-state index in [-0.39, 0.29) is 6.03 Å². The minimum atomic E-state index is -0.181. The minimum Gasteiger partial charge on any atom is -0.492 e. The van der Waals surface area contributed by atoms with Crippen molar-refractivity contribution >= 4 is 6.03 Å². The number of pyridine rings is 1. The van der Waals surface area contributed by atoms with Crippen molar-refractivity contribution in [3.8, 4) is 11.8 Å². The maximum atomic E-state index is 11.9. The molecule has 2 aromatic rings. The molecule has 0 atom stereocenters. The Labute approximate surface area is 135 Å². The van der Waals surface area contributed by atoms with Gasteiger partial charge < -0.3 is 15.0 Å². The van der Waals surface area contributed by atoms with Gasteiger partial charge in [0.1, 0.15) is 12.4 Å². The lowest BCUT2D eigenvalue weighted by Gasteiger charge is -2.17. The van der Waals surface area contributed by atoms with E-state index < -0.39 is 0 Å². The fourth-order valence-electron chi connectivity index (χ4n) is 1.89. The van der Waals surface area contributed by atoms with Crippen molar-refractivity contribution in [3.63, 3.8) is 0 Å². The van der Waals surface area contributed by atoms with Crippen LogP contribution in [0.2, 0.25) is 0 Å². The molecule has 0 radical (unpaired) electrons. The van der Waals surface area contributed by atoms with Crippen LogP contribution in [0.1, 0.15) is 11.3 Å². The molecular weight excluding hydrogens is 292 g/mol. The molecule has 0 saturated heterocycles. The Bertz CT molecular complexity index is 665. The van der Waals surface area contributed by atoms with E-state index in [4.69, 9.17) is 10.00 Å². The molecule has 23 heavy (non-hydrogen) atoms. The number of benzene rings is 1. The van der Waals surface area contributed by atoms with E-state index in [1.54, 1.807) is 42.4 Å². The first-order chi connectivity index (χ1) is 11.2. The number of ether oxygens (including phenoxy) is 1. The second kappa shape index (κ2) is 8.39. The van der Waals surface area contributed by atoms with E-state index in [0.717, 1.165) is 5.69 Å². The van der Waals surface area contributed by atoms with Crippen LogP contribution in [0.5, 0.6) is 5.75 Å².